The molecular weight excluding hydrogens is 579 g/mol. The Balaban J connectivity index is 2.34. The van der Waals surface area contributed by atoms with Crippen LogP contribution in [0.25, 0.3) is 0 Å². The van der Waals surface area contributed by atoms with Crippen LogP contribution >= 0.6 is 0 Å². The first-order valence-corrected chi connectivity index (χ1v) is 12.4. The van der Waals surface area contributed by atoms with Crippen LogP contribution in [0.2, 0.25) is 0 Å². The molecule has 0 saturated heterocycles. The van der Waals surface area contributed by atoms with Crippen LogP contribution in [0.3, 0.4) is 0 Å². The van der Waals surface area contributed by atoms with Crippen LogP contribution in [0, 0.1) is 10.1 Å². The number of carbonyl (C=O) groups excluding carboxylic acids is 2. The highest BCUT2D eigenvalue weighted by Crippen LogP contribution is 2.49. The average molecular weight is 593 g/mol. The van der Waals surface area contributed by atoms with Gasteiger partial charge in [0.2, 0.25) is 11.8 Å². The first kappa shape index (κ1) is 30.6. The number of anilines is 2. The van der Waals surface area contributed by atoms with Crippen LogP contribution in [0.15, 0.2) is 52.3 Å². The third-order valence-corrected chi connectivity index (χ3v) is 7.50. The van der Waals surface area contributed by atoms with E-state index in [1.807, 2.05) is 0 Å². The van der Waals surface area contributed by atoms with Crippen molar-refractivity contribution in [1.29, 1.82) is 0 Å². The van der Waals surface area contributed by atoms with Crippen molar-refractivity contribution in [3.8, 4) is 0 Å². The second-order valence-electron chi connectivity index (χ2n) is 7.31. The smallest absolute Gasteiger partial charge is 0.326 e. The molecule has 10 nitrogen and oxygen atoms in total. The molecule has 0 fully saturated rings. The van der Waals surface area contributed by atoms with Gasteiger partial charge in [0.1, 0.15) is 21.4 Å². The highest BCUT2D eigenvalue weighted by Gasteiger charge is 2.76. The molecular formula is C19H14F7N3O7S2. The van der Waals surface area contributed by atoms with Crippen molar-refractivity contribution >= 4 is 49.5 Å². The number of nitro groups is 1. The minimum atomic E-state index is -6.83. The largest absolute Gasteiger partial charge is 0.461 e. The van der Waals surface area contributed by atoms with E-state index in [1.165, 1.54) is 31.2 Å². The second kappa shape index (κ2) is 10.6. The van der Waals surface area contributed by atoms with Crippen molar-refractivity contribution < 1.29 is 57.9 Å². The number of alkyl halides is 7. The van der Waals surface area contributed by atoms with Crippen molar-refractivity contribution in [2.45, 2.75) is 34.1 Å². The third kappa shape index (κ3) is 6.44. The van der Waals surface area contributed by atoms with Crippen molar-refractivity contribution in [2.75, 3.05) is 16.4 Å². The van der Waals surface area contributed by atoms with Gasteiger partial charge in [-0.15, -0.1) is 0 Å². The summed E-state index contributed by atoms with van der Waals surface area (Å²) in [5.41, 5.74) is -1.24. The molecule has 1 unspecified atom stereocenters. The van der Waals surface area contributed by atoms with E-state index >= 15 is 0 Å². The molecule has 1 atom stereocenters. The lowest BCUT2D eigenvalue weighted by molar-refractivity contribution is -0.388. The molecule has 2 amide bonds. The molecule has 19 heteroatoms. The van der Waals surface area contributed by atoms with Gasteiger partial charge in [-0.3, -0.25) is 19.7 Å². The molecule has 0 aliphatic heterocycles. The van der Waals surface area contributed by atoms with Gasteiger partial charge in [-0.05, 0) is 36.4 Å². The van der Waals surface area contributed by atoms with E-state index in [0.717, 1.165) is 0 Å². The maximum absolute atomic E-state index is 13.8. The van der Waals surface area contributed by atoms with Crippen LogP contribution < -0.4 is 10.6 Å². The fourth-order valence-electron chi connectivity index (χ4n) is 2.74. The van der Waals surface area contributed by atoms with Crippen molar-refractivity contribution in [3.63, 3.8) is 0 Å². The number of hydrogen-bond donors (Lipinski definition) is 2. The molecule has 2 N–H and O–H groups in total. The maximum atomic E-state index is 13.8. The number of nitrogens with zero attached hydrogens (tertiary/aromatic N) is 1. The summed E-state index contributed by atoms with van der Waals surface area (Å²) in [6, 6.07) is 5.34. The molecule has 0 heterocycles. The lowest BCUT2D eigenvalue weighted by Crippen LogP contribution is -2.54. The minimum absolute atomic E-state index is 0.0346. The van der Waals surface area contributed by atoms with E-state index in [0.29, 0.717) is 5.69 Å². The zero-order chi connectivity index (χ0) is 29.3. The van der Waals surface area contributed by atoms with Gasteiger partial charge in [0.25, 0.3) is 5.69 Å². The fourth-order valence-corrected chi connectivity index (χ4v) is 5.09. The number of carbonyl (C=O) groups is 2. The monoisotopic (exact) mass is 593 g/mol. The van der Waals surface area contributed by atoms with Crippen LogP contribution in [0.4, 0.5) is 47.8 Å². The highest BCUT2D eigenvalue weighted by atomic mass is 32.2. The van der Waals surface area contributed by atoms with Gasteiger partial charge in [0.15, 0.2) is 9.84 Å². The predicted molar refractivity (Wildman–Crippen MR) is 117 cm³/mol. The molecule has 2 aromatic carbocycles. The molecule has 0 aliphatic carbocycles. The molecule has 0 saturated carbocycles. The number of sulfone groups is 1. The summed E-state index contributed by atoms with van der Waals surface area (Å²) in [6.45, 7) is 1.23. The number of nitro benzene ring substituents is 1. The Hall–Kier alpha value is -3.61. The topological polar surface area (TPSA) is 153 Å². The van der Waals surface area contributed by atoms with Gasteiger partial charge in [0, 0.05) is 24.4 Å². The summed E-state index contributed by atoms with van der Waals surface area (Å²) in [5, 5.41) is 9.61. The first-order valence-electron chi connectivity index (χ1n) is 9.63. The van der Waals surface area contributed by atoms with Gasteiger partial charge >= 0.3 is 17.4 Å². The number of rotatable bonds is 9. The number of nitrogens with one attached hydrogen (secondary N) is 2. The molecule has 2 aromatic rings. The van der Waals surface area contributed by atoms with Gasteiger partial charge in [0.05, 0.1) is 9.82 Å². The zero-order valence-electron chi connectivity index (χ0n) is 18.5. The van der Waals surface area contributed by atoms with Crippen LogP contribution in [-0.4, -0.2) is 52.5 Å². The number of amides is 2. The van der Waals surface area contributed by atoms with E-state index in [4.69, 9.17) is 0 Å². The first-order chi connectivity index (χ1) is 17.2. The maximum Gasteiger partial charge on any atom is 0.461 e. The summed E-state index contributed by atoms with van der Waals surface area (Å²) < 4.78 is 128. The SMILES string of the molecule is CC(=O)Nc1ccc(NC(=O)CS(=O)(=O)c2ccc(S(=O)C(F)(F)C(F)(F)C(F)(F)F)cc2[N+](=O)[O-])cc1. The predicted octanol–water partition coefficient (Wildman–Crippen LogP) is 3.86. The fraction of sp³-hybridized carbons (Fsp3) is 0.263. The van der Waals surface area contributed by atoms with Gasteiger partial charge in [-0.1, -0.05) is 0 Å². The van der Waals surface area contributed by atoms with Crippen molar-refractivity contribution in [2.24, 2.45) is 0 Å². The van der Waals surface area contributed by atoms with E-state index in [2.05, 4.69) is 10.6 Å². The Kier molecular flexibility index (Phi) is 8.57. The normalized spacial score (nSPS) is 13.5. The quantitative estimate of drug-likeness (QED) is 0.254. The molecule has 38 heavy (non-hydrogen) atoms. The lowest BCUT2D eigenvalue weighted by Gasteiger charge is -2.27. The summed E-state index contributed by atoms with van der Waals surface area (Å²) >= 11 is 0. The third-order valence-electron chi connectivity index (χ3n) is 4.44. The van der Waals surface area contributed by atoms with Crippen molar-refractivity contribution in [1.82, 2.24) is 0 Å². The number of hydrogen-bond acceptors (Lipinski definition) is 7. The molecule has 0 spiro atoms. The van der Waals surface area contributed by atoms with E-state index in [9.17, 15) is 63.1 Å². The Labute approximate surface area is 210 Å². The summed E-state index contributed by atoms with van der Waals surface area (Å²) in [4.78, 5) is 30.1. The molecule has 0 radical (unpaired) electrons. The van der Waals surface area contributed by atoms with Crippen LogP contribution in [-0.2, 0) is 30.2 Å². The van der Waals surface area contributed by atoms with Crippen LogP contribution in [0.5, 0.6) is 0 Å². The molecule has 208 valence electrons. The second-order valence-corrected chi connectivity index (χ2v) is 10.8. The minimum Gasteiger partial charge on any atom is -0.326 e. The average Bonchev–Trinajstić information content (AvgIpc) is 2.77. The van der Waals surface area contributed by atoms with Crippen molar-refractivity contribution in [3.05, 3.63) is 52.6 Å². The molecule has 0 bridgehead atoms. The van der Waals surface area contributed by atoms with Crippen LogP contribution in [0.1, 0.15) is 6.92 Å². The highest BCUT2D eigenvalue weighted by molar-refractivity contribution is 7.92. The number of benzene rings is 2. The van der Waals surface area contributed by atoms with E-state index < -0.39 is 76.0 Å². The Morgan fingerprint density at radius 2 is 1.45 bits per heavy atom. The van der Waals surface area contributed by atoms with Gasteiger partial charge in [-0.25, -0.2) is 12.6 Å². The summed E-state index contributed by atoms with van der Waals surface area (Å²) in [5.74, 6) is -9.90. The van der Waals surface area contributed by atoms with Gasteiger partial charge < -0.3 is 10.6 Å². The zero-order valence-corrected chi connectivity index (χ0v) is 20.1. The molecule has 2 rings (SSSR count). The van der Waals surface area contributed by atoms with E-state index in [-0.39, 0.29) is 23.9 Å². The molecule has 0 aliphatic rings. The standard InChI is InChI=1S/C19H14F7N3O7S2/c1-10(30)27-11-2-4-12(5-3-11)28-16(31)9-38(35,36)15-7-6-13(8-14(15)29(32)33)37(34)19(25,26)17(20,21)18(22,23)24/h2-8H,9H2,1H3,(H,27,30)(H,28,31). The number of halogens is 7. The Bertz CT molecular complexity index is 1400. The van der Waals surface area contributed by atoms with Gasteiger partial charge in [-0.2, -0.15) is 30.7 Å². The Morgan fingerprint density at radius 3 is 1.89 bits per heavy atom. The Morgan fingerprint density at radius 1 is 0.947 bits per heavy atom. The summed E-state index contributed by atoms with van der Waals surface area (Å²) in [7, 11) is -9.46. The molecule has 0 aromatic heterocycles. The summed E-state index contributed by atoms with van der Waals surface area (Å²) in [6.07, 6.45) is -6.83. The van der Waals surface area contributed by atoms with E-state index in [1.54, 1.807) is 0 Å². The lowest BCUT2D eigenvalue weighted by atomic mass is 10.3.